The quantitative estimate of drug-likeness (QED) is 0.457. The highest BCUT2D eigenvalue weighted by molar-refractivity contribution is 6.30. The summed E-state index contributed by atoms with van der Waals surface area (Å²) in [6.45, 7) is 5.27. The van der Waals surface area contributed by atoms with E-state index in [0.29, 0.717) is 28.4 Å². The highest BCUT2D eigenvalue weighted by Gasteiger charge is 2.20. The molecular formula is C24H28ClN3O5. The van der Waals surface area contributed by atoms with Gasteiger partial charge in [-0.2, -0.15) is 0 Å². The molecule has 0 radical (unpaired) electrons. The van der Waals surface area contributed by atoms with E-state index in [4.69, 9.17) is 16.3 Å². The average molecular weight is 474 g/mol. The molecule has 2 aromatic carbocycles. The molecule has 0 saturated carbocycles. The van der Waals surface area contributed by atoms with E-state index < -0.39 is 24.5 Å². The first-order valence-electron chi connectivity index (χ1n) is 10.5. The van der Waals surface area contributed by atoms with Crippen molar-refractivity contribution in [3.05, 3.63) is 64.7 Å². The van der Waals surface area contributed by atoms with E-state index in [1.807, 2.05) is 13.8 Å². The highest BCUT2D eigenvalue weighted by atomic mass is 35.5. The molecule has 0 heterocycles. The molecule has 2 rings (SSSR count). The molecule has 176 valence electrons. The molecule has 0 aliphatic carbocycles. The van der Waals surface area contributed by atoms with Crippen LogP contribution < -0.4 is 16.0 Å². The molecule has 1 atom stereocenters. The van der Waals surface area contributed by atoms with Gasteiger partial charge in [0.05, 0.1) is 23.7 Å². The normalized spacial score (nSPS) is 11.4. The second kappa shape index (κ2) is 12.6. The fourth-order valence-electron chi connectivity index (χ4n) is 2.93. The van der Waals surface area contributed by atoms with Crippen LogP contribution in [0.2, 0.25) is 5.02 Å². The van der Waals surface area contributed by atoms with Gasteiger partial charge in [-0.15, -0.1) is 0 Å². The average Bonchev–Trinajstić information content (AvgIpc) is 2.76. The van der Waals surface area contributed by atoms with Crippen LogP contribution >= 0.6 is 11.6 Å². The van der Waals surface area contributed by atoms with Crippen LogP contribution in [-0.2, 0) is 19.1 Å². The summed E-state index contributed by atoms with van der Waals surface area (Å²) in [7, 11) is 0. The number of anilines is 1. The second-order valence-corrected chi connectivity index (χ2v) is 8.30. The molecule has 33 heavy (non-hydrogen) atoms. The van der Waals surface area contributed by atoms with Gasteiger partial charge in [0.1, 0.15) is 0 Å². The molecule has 3 N–H and O–H groups in total. The van der Waals surface area contributed by atoms with Gasteiger partial charge in [-0.3, -0.25) is 19.2 Å². The molecule has 0 aromatic heterocycles. The largest absolute Gasteiger partial charge is 0.455 e. The number of halogens is 1. The monoisotopic (exact) mass is 473 g/mol. The van der Waals surface area contributed by atoms with E-state index in [1.165, 1.54) is 6.92 Å². The fraction of sp³-hybridized carbons (Fsp3) is 0.333. The van der Waals surface area contributed by atoms with Crippen molar-refractivity contribution >= 4 is 41.0 Å². The van der Waals surface area contributed by atoms with Gasteiger partial charge in [-0.1, -0.05) is 49.7 Å². The summed E-state index contributed by atoms with van der Waals surface area (Å²) in [5, 5.41) is 8.61. The number of hydrogen-bond donors (Lipinski definition) is 3. The third kappa shape index (κ3) is 8.94. The Morgan fingerprint density at radius 1 is 1.00 bits per heavy atom. The molecule has 0 aliphatic heterocycles. The molecule has 0 aliphatic rings. The van der Waals surface area contributed by atoms with Gasteiger partial charge in [0, 0.05) is 18.5 Å². The van der Waals surface area contributed by atoms with Gasteiger partial charge in [0.2, 0.25) is 5.91 Å². The zero-order valence-electron chi connectivity index (χ0n) is 18.8. The molecule has 9 heteroatoms. The Hall–Kier alpha value is -3.39. The van der Waals surface area contributed by atoms with Crippen LogP contribution in [0.15, 0.2) is 48.5 Å². The van der Waals surface area contributed by atoms with Crippen molar-refractivity contribution in [2.24, 2.45) is 5.92 Å². The molecule has 2 aromatic rings. The number of esters is 1. The van der Waals surface area contributed by atoms with E-state index in [9.17, 15) is 19.2 Å². The third-order valence-electron chi connectivity index (χ3n) is 4.50. The van der Waals surface area contributed by atoms with Crippen molar-refractivity contribution in [3.63, 3.8) is 0 Å². The summed E-state index contributed by atoms with van der Waals surface area (Å²) in [6.07, 6.45) is -0.164. The smallest absolute Gasteiger partial charge is 0.308 e. The lowest BCUT2D eigenvalue weighted by atomic mass is 10.0. The maximum Gasteiger partial charge on any atom is 0.308 e. The lowest BCUT2D eigenvalue weighted by molar-refractivity contribution is -0.148. The Morgan fingerprint density at radius 3 is 2.30 bits per heavy atom. The summed E-state index contributed by atoms with van der Waals surface area (Å²) in [4.78, 5) is 48.6. The molecule has 3 amide bonds. The van der Waals surface area contributed by atoms with Crippen molar-refractivity contribution in [2.75, 3.05) is 18.5 Å². The topological polar surface area (TPSA) is 114 Å². The predicted octanol–water partition coefficient (Wildman–Crippen LogP) is 3.48. The molecule has 0 saturated heterocycles. The Bertz CT molecular complexity index is 992. The Labute approximate surface area is 198 Å². The first-order chi connectivity index (χ1) is 15.7. The number of hydrogen-bond acceptors (Lipinski definition) is 5. The van der Waals surface area contributed by atoms with Crippen molar-refractivity contribution in [3.8, 4) is 0 Å². The van der Waals surface area contributed by atoms with Gasteiger partial charge in [0.25, 0.3) is 11.8 Å². The van der Waals surface area contributed by atoms with Crippen LogP contribution in [0.25, 0.3) is 0 Å². The minimum Gasteiger partial charge on any atom is -0.455 e. The van der Waals surface area contributed by atoms with Gasteiger partial charge >= 0.3 is 5.97 Å². The van der Waals surface area contributed by atoms with E-state index in [-0.39, 0.29) is 24.2 Å². The number of benzene rings is 2. The van der Waals surface area contributed by atoms with Crippen LogP contribution in [0.1, 0.15) is 49.2 Å². The van der Waals surface area contributed by atoms with Crippen molar-refractivity contribution in [2.45, 2.75) is 33.2 Å². The molecule has 8 nitrogen and oxygen atoms in total. The molecule has 0 spiro atoms. The summed E-state index contributed by atoms with van der Waals surface area (Å²) in [5.74, 6) is -1.59. The van der Waals surface area contributed by atoms with Gasteiger partial charge in [-0.05, 0) is 35.7 Å². The number of amides is 3. The number of para-hydroxylation sites is 1. The lowest BCUT2D eigenvalue weighted by Gasteiger charge is -2.18. The fourth-order valence-corrected chi connectivity index (χ4v) is 3.06. The maximum absolute atomic E-state index is 12.4. The Kier molecular flexibility index (Phi) is 9.87. The van der Waals surface area contributed by atoms with Crippen LogP contribution in [-0.4, -0.2) is 36.8 Å². The molecule has 1 unspecified atom stereocenters. The molecule has 0 fully saturated rings. The van der Waals surface area contributed by atoms with Crippen molar-refractivity contribution in [1.29, 1.82) is 0 Å². The zero-order chi connectivity index (χ0) is 24.4. The number of nitrogens with one attached hydrogen (secondary N) is 3. The van der Waals surface area contributed by atoms with Crippen LogP contribution in [0, 0.1) is 5.92 Å². The Balaban J connectivity index is 1.94. The van der Waals surface area contributed by atoms with Crippen LogP contribution in [0.5, 0.6) is 0 Å². The standard InChI is InChI=1S/C24H28ClN3O5/c1-15(2)13-26-24(32)19-6-4-5-7-20(19)28-22(30)14-33-23(31)12-21(27-16(3)29)17-8-10-18(25)11-9-17/h4-11,15,21H,12-14H2,1-3H3,(H,26,32)(H,27,29)(H,28,30). The highest BCUT2D eigenvalue weighted by Crippen LogP contribution is 2.20. The SMILES string of the molecule is CC(=O)NC(CC(=O)OCC(=O)Nc1ccccc1C(=O)NCC(C)C)c1ccc(Cl)cc1. The van der Waals surface area contributed by atoms with Crippen LogP contribution in [0.3, 0.4) is 0 Å². The third-order valence-corrected chi connectivity index (χ3v) is 4.75. The predicted molar refractivity (Wildman–Crippen MR) is 126 cm³/mol. The van der Waals surface area contributed by atoms with E-state index >= 15 is 0 Å². The molecular weight excluding hydrogens is 446 g/mol. The number of ether oxygens (including phenoxy) is 1. The summed E-state index contributed by atoms with van der Waals surface area (Å²) >= 11 is 5.89. The number of carbonyl (C=O) groups excluding carboxylic acids is 4. The van der Waals surface area contributed by atoms with Gasteiger partial charge in [-0.25, -0.2) is 0 Å². The maximum atomic E-state index is 12.4. The lowest BCUT2D eigenvalue weighted by Crippen LogP contribution is -2.30. The molecule has 0 bridgehead atoms. The Morgan fingerprint density at radius 2 is 1.67 bits per heavy atom. The minimum absolute atomic E-state index is 0.164. The van der Waals surface area contributed by atoms with Crippen LogP contribution in [0.4, 0.5) is 5.69 Å². The van der Waals surface area contributed by atoms with E-state index in [0.717, 1.165) is 0 Å². The first-order valence-corrected chi connectivity index (χ1v) is 10.9. The number of carbonyl (C=O) groups is 4. The van der Waals surface area contributed by atoms with Gasteiger partial charge in [0.15, 0.2) is 6.61 Å². The van der Waals surface area contributed by atoms with Crippen molar-refractivity contribution in [1.82, 2.24) is 10.6 Å². The summed E-state index contributed by atoms with van der Waals surface area (Å²) in [6, 6.07) is 12.6. The summed E-state index contributed by atoms with van der Waals surface area (Å²) in [5.41, 5.74) is 1.31. The van der Waals surface area contributed by atoms with Crippen molar-refractivity contribution < 1.29 is 23.9 Å². The number of rotatable bonds is 10. The van der Waals surface area contributed by atoms with E-state index in [2.05, 4.69) is 16.0 Å². The van der Waals surface area contributed by atoms with E-state index in [1.54, 1.807) is 48.5 Å². The zero-order valence-corrected chi connectivity index (χ0v) is 19.6. The van der Waals surface area contributed by atoms with Gasteiger partial charge < -0.3 is 20.7 Å². The first kappa shape index (κ1) is 25.9. The summed E-state index contributed by atoms with van der Waals surface area (Å²) < 4.78 is 5.08. The second-order valence-electron chi connectivity index (χ2n) is 7.87. The minimum atomic E-state index is -0.665.